The monoisotopic (exact) mass is 276 g/mol. The molecule has 0 heterocycles. The molecule has 0 amide bonds. The molecule has 3 heteroatoms. The van der Waals surface area contributed by atoms with Gasteiger partial charge in [0, 0.05) is 12.0 Å². The molecule has 2 atom stereocenters. The molecule has 1 rings (SSSR count). The number of carbonyl (C=O) groups excluding carboxylic acids is 1. The Morgan fingerprint density at radius 3 is 2.40 bits per heavy atom. The van der Waals surface area contributed by atoms with E-state index in [1.54, 1.807) is 0 Å². The van der Waals surface area contributed by atoms with Gasteiger partial charge in [0.2, 0.25) is 0 Å². The van der Waals surface area contributed by atoms with Gasteiger partial charge in [-0.1, -0.05) is 57.2 Å². The molecule has 110 valence electrons. The summed E-state index contributed by atoms with van der Waals surface area (Å²) in [5.74, 6) is 0.191. The highest BCUT2D eigenvalue weighted by atomic mass is 16.5. The van der Waals surface area contributed by atoms with E-state index in [1.165, 1.54) is 13.2 Å². The summed E-state index contributed by atoms with van der Waals surface area (Å²) in [7, 11) is 1.38. The van der Waals surface area contributed by atoms with Gasteiger partial charge in [-0.2, -0.15) is 0 Å². The van der Waals surface area contributed by atoms with Crippen molar-refractivity contribution in [3.05, 3.63) is 48.0 Å². The average Bonchev–Trinajstić information content (AvgIpc) is 2.45. The lowest BCUT2D eigenvalue weighted by atomic mass is 9.94. The van der Waals surface area contributed by atoms with E-state index in [1.807, 2.05) is 36.4 Å². The van der Waals surface area contributed by atoms with Gasteiger partial charge in [0.15, 0.2) is 0 Å². The summed E-state index contributed by atoms with van der Waals surface area (Å²) in [5, 5.41) is 0. The van der Waals surface area contributed by atoms with Crippen molar-refractivity contribution in [3.8, 4) is 0 Å². The van der Waals surface area contributed by atoms with Gasteiger partial charge in [-0.25, -0.2) is 4.79 Å². The fraction of sp³-hybridized carbons (Fsp3) is 0.471. The lowest BCUT2D eigenvalue weighted by Gasteiger charge is -2.26. The molecule has 3 nitrogen and oxygen atoms in total. The van der Waals surface area contributed by atoms with Crippen LogP contribution in [0.5, 0.6) is 0 Å². The van der Waals surface area contributed by atoms with Gasteiger partial charge in [-0.3, -0.25) is 0 Å². The van der Waals surface area contributed by atoms with E-state index in [-0.39, 0.29) is 18.0 Å². The molecule has 0 aromatic heterocycles. The van der Waals surface area contributed by atoms with Crippen LogP contribution in [0.4, 0.5) is 0 Å². The molecule has 1 aromatic rings. The quantitative estimate of drug-likeness (QED) is 0.564. The third kappa shape index (κ3) is 5.57. The predicted octanol–water partition coefficient (Wildman–Crippen LogP) is 3.59. The first-order valence-corrected chi connectivity index (χ1v) is 6.96. The normalized spacial score (nSPS) is 14.4. The maximum absolute atomic E-state index is 11.1. The molecular weight excluding hydrogens is 252 g/mol. The Morgan fingerprint density at radius 2 is 1.85 bits per heavy atom. The van der Waals surface area contributed by atoms with Crippen LogP contribution in [0.2, 0.25) is 0 Å². The lowest BCUT2D eigenvalue weighted by molar-refractivity contribution is -0.134. The van der Waals surface area contributed by atoms with E-state index >= 15 is 0 Å². The summed E-state index contributed by atoms with van der Waals surface area (Å²) in [6.45, 7) is 6.88. The first-order valence-electron chi connectivity index (χ1n) is 6.96. The topological polar surface area (TPSA) is 35.5 Å². The molecule has 0 saturated heterocycles. The zero-order valence-electron chi connectivity index (χ0n) is 12.7. The first-order chi connectivity index (χ1) is 9.54. The highest BCUT2D eigenvalue weighted by molar-refractivity contribution is 5.81. The Bertz CT molecular complexity index is 423. The van der Waals surface area contributed by atoms with Gasteiger partial charge in [0.25, 0.3) is 0 Å². The van der Waals surface area contributed by atoms with Crippen molar-refractivity contribution >= 4 is 5.97 Å². The molecule has 0 unspecified atom stereocenters. The van der Waals surface area contributed by atoms with E-state index in [4.69, 9.17) is 4.74 Å². The van der Waals surface area contributed by atoms with Gasteiger partial charge in [0.1, 0.15) is 0 Å². The van der Waals surface area contributed by atoms with Gasteiger partial charge in [-0.15, -0.1) is 0 Å². The molecule has 0 saturated carbocycles. The molecule has 0 aliphatic carbocycles. The largest absolute Gasteiger partial charge is 0.466 e. The molecule has 0 spiro atoms. The van der Waals surface area contributed by atoms with Crippen LogP contribution in [-0.2, 0) is 20.9 Å². The van der Waals surface area contributed by atoms with Crippen molar-refractivity contribution in [1.82, 2.24) is 0 Å². The average molecular weight is 276 g/mol. The summed E-state index contributed by atoms with van der Waals surface area (Å²) in [6, 6.07) is 10.1. The van der Waals surface area contributed by atoms with Crippen LogP contribution in [0.1, 0.15) is 26.3 Å². The Labute approximate surface area is 121 Å². The molecule has 0 N–H and O–H groups in total. The number of hydrogen-bond donors (Lipinski definition) is 0. The number of hydrogen-bond acceptors (Lipinski definition) is 3. The molecule has 0 aliphatic heterocycles. The summed E-state index contributed by atoms with van der Waals surface area (Å²) in [6.07, 6.45) is 3.38. The summed E-state index contributed by atoms with van der Waals surface area (Å²) in [5.41, 5.74) is 1.15. The van der Waals surface area contributed by atoms with Crippen LogP contribution in [0.15, 0.2) is 42.5 Å². The lowest BCUT2D eigenvalue weighted by Crippen LogP contribution is -2.26. The van der Waals surface area contributed by atoms with Crippen molar-refractivity contribution in [1.29, 1.82) is 0 Å². The highest BCUT2D eigenvalue weighted by Crippen LogP contribution is 2.19. The SMILES string of the molecule is COC(=O)/C=C/[C@H](C)[C@@H](OCc1ccccc1)C(C)C. The minimum absolute atomic E-state index is 0.0658. The second kappa shape index (κ2) is 8.54. The van der Waals surface area contributed by atoms with Gasteiger partial charge < -0.3 is 9.47 Å². The Morgan fingerprint density at radius 1 is 1.20 bits per heavy atom. The van der Waals surface area contributed by atoms with E-state index in [0.29, 0.717) is 12.5 Å². The van der Waals surface area contributed by atoms with Crippen molar-refractivity contribution in [2.75, 3.05) is 7.11 Å². The van der Waals surface area contributed by atoms with Crippen LogP contribution in [0.3, 0.4) is 0 Å². The van der Waals surface area contributed by atoms with Crippen molar-refractivity contribution in [2.24, 2.45) is 11.8 Å². The first kappa shape index (κ1) is 16.4. The molecule has 0 aliphatic rings. The fourth-order valence-electron chi connectivity index (χ4n) is 2.13. The van der Waals surface area contributed by atoms with Crippen LogP contribution in [-0.4, -0.2) is 19.2 Å². The van der Waals surface area contributed by atoms with Gasteiger partial charge in [0.05, 0.1) is 19.8 Å². The molecule has 0 fully saturated rings. The van der Waals surface area contributed by atoms with Crippen molar-refractivity contribution in [3.63, 3.8) is 0 Å². The van der Waals surface area contributed by atoms with E-state index < -0.39 is 0 Å². The Kier molecular flexibility index (Phi) is 7.02. The minimum atomic E-state index is -0.331. The molecule has 1 aromatic carbocycles. The van der Waals surface area contributed by atoms with Crippen LogP contribution in [0.25, 0.3) is 0 Å². The minimum Gasteiger partial charge on any atom is -0.466 e. The smallest absolute Gasteiger partial charge is 0.330 e. The zero-order chi connectivity index (χ0) is 15.0. The third-order valence-electron chi connectivity index (χ3n) is 3.20. The molecular formula is C17H24O3. The van der Waals surface area contributed by atoms with Crippen molar-refractivity contribution < 1.29 is 14.3 Å². The Balaban J connectivity index is 2.60. The maximum Gasteiger partial charge on any atom is 0.330 e. The second-order valence-electron chi connectivity index (χ2n) is 5.25. The Hall–Kier alpha value is -1.61. The number of esters is 1. The third-order valence-corrected chi connectivity index (χ3v) is 3.20. The maximum atomic E-state index is 11.1. The zero-order valence-corrected chi connectivity index (χ0v) is 12.7. The number of ether oxygens (including phenoxy) is 2. The van der Waals surface area contributed by atoms with E-state index in [2.05, 4.69) is 25.5 Å². The van der Waals surface area contributed by atoms with Crippen LogP contribution in [0, 0.1) is 11.8 Å². The number of rotatable bonds is 7. The van der Waals surface area contributed by atoms with Crippen LogP contribution < -0.4 is 0 Å². The van der Waals surface area contributed by atoms with Gasteiger partial charge in [-0.05, 0) is 11.5 Å². The van der Waals surface area contributed by atoms with Crippen LogP contribution >= 0.6 is 0 Å². The fourth-order valence-corrected chi connectivity index (χ4v) is 2.13. The number of methoxy groups -OCH3 is 1. The molecule has 20 heavy (non-hydrogen) atoms. The predicted molar refractivity (Wildman–Crippen MR) is 80.2 cm³/mol. The number of benzene rings is 1. The van der Waals surface area contributed by atoms with Gasteiger partial charge >= 0.3 is 5.97 Å². The summed E-state index contributed by atoms with van der Waals surface area (Å²) >= 11 is 0. The second-order valence-corrected chi connectivity index (χ2v) is 5.25. The summed E-state index contributed by atoms with van der Waals surface area (Å²) in [4.78, 5) is 11.1. The van der Waals surface area contributed by atoms with E-state index in [0.717, 1.165) is 5.56 Å². The molecule has 0 radical (unpaired) electrons. The van der Waals surface area contributed by atoms with Crippen molar-refractivity contribution in [2.45, 2.75) is 33.5 Å². The highest BCUT2D eigenvalue weighted by Gasteiger charge is 2.20. The van der Waals surface area contributed by atoms with E-state index in [9.17, 15) is 4.79 Å². The number of carbonyl (C=O) groups is 1. The summed E-state index contributed by atoms with van der Waals surface area (Å²) < 4.78 is 10.6. The molecule has 0 bridgehead atoms. The standard InChI is InChI=1S/C17H24O3/c1-13(2)17(14(3)10-11-16(18)19-4)20-12-15-8-6-5-7-9-15/h5-11,13-14,17H,12H2,1-4H3/b11-10+/t14-,17-/m0/s1.